The molecule has 0 radical (unpaired) electrons. The van der Waals surface area contributed by atoms with Crippen LogP contribution in [0, 0.1) is 0 Å². The van der Waals surface area contributed by atoms with Crippen molar-refractivity contribution in [1.82, 2.24) is 0 Å². The second-order valence-corrected chi connectivity index (χ2v) is 12.1. The van der Waals surface area contributed by atoms with Gasteiger partial charge in [0.2, 0.25) is 0 Å². The highest BCUT2D eigenvalue weighted by Gasteiger charge is 2.15. The maximum atomic E-state index is 12.4. The minimum Gasteiger partial charge on any atom is -0.481 e. The molecule has 0 saturated heterocycles. The topological polar surface area (TPSA) is 63.6 Å². The molecule has 0 saturated carbocycles. The summed E-state index contributed by atoms with van der Waals surface area (Å²) in [6.45, 7) is 4.53. The third kappa shape index (κ3) is 31.2. The Kier molecular flexibility index (Phi) is 31.1. The Labute approximate surface area is 249 Å². The van der Waals surface area contributed by atoms with Crippen LogP contribution in [0.15, 0.2) is 12.2 Å². The number of hydrogen-bond donors (Lipinski definition) is 1. The summed E-state index contributed by atoms with van der Waals surface area (Å²) >= 11 is 0. The molecular formula is C36H68O4. The van der Waals surface area contributed by atoms with Gasteiger partial charge in [-0.05, 0) is 57.8 Å². The fourth-order valence-electron chi connectivity index (χ4n) is 5.36. The standard InChI is InChI=1S/C36H68O4/c1-3-5-7-9-11-13-15-16-17-18-20-22-24-26-28-33-36(39)40-34(31-29-32-35(37)38)30-27-25-23-21-19-14-12-10-8-6-4-2/h16-17,34H,3-15,18-33H2,1-2H3,(H,37,38). The van der Waals surface area contributed by atoms with Crippen LogP contribution >= 0.6 is 0 Å². The highest BCUT2D eigenvalue weighted by atomic mass is 16.5. The predicted octanol–water partition coefficient (Wildman–Crippen LogP) is 11.9. The normalized spacial score (nSPS) is 12.2. The lowest BCUT2D eigenvalue weighted by Crippen LogP contribution is -2.18. The first-order chi connectivity index (χ1) is 19.6. The Balaban J connectivity index is 3.83. The van der Waals surface area contributed by atoms with Gasteiger partial charge in [-0.15, -0.1) is 0 Å². The molecule has 1 atom stereocenters. The maximum Gasteiger partial charge on any atom is 0.306 e. The Hall–Kier alpha value is -1.32. The van der Waals surface area contributed by atoms with Gasteiger partial charge >= 0.3 is 11.9 Å². The molecule has 0 aromatic carbocycles. The Bertz CT molecular complexity index is 571. The number of esters is 1. The van der Waals surface area contributed by atoms with Crippen LogP contribution in [-0.4, -0.2) is 23.1 Å². The van der Waals surface area contributed by atoms with Gasteiger partial charge in [-0.2, -0.15) is 0 Å². The summed E-state index contributed by atoms with van der Waals surface area (Å²) in [7, 11) is 0. The number of aliphatic carboxylic acids is 1. The molecule has 0 heterocycles. The number of carbonyl (C=O) groups excluding carboxylic acids is 1. The first kappa shape index (κ1) is 38.7. The van der Waals surface area contributed by atoms with E-state index in [0.717, 1.165) is 25.7 Å². The number of hydrogen-bond acceptors (Lipinski definition) is 3. The highest BCUT2D eigenvalue weighted by Crippen LogP contribution is 2.18. The van der Waals surface area contributed by atoms with E-state index in [4.69, 9.17) is 9.84 Å². The first-order valence-corrected chi connectivity index (χ1v) is 17.7. The highest BCUT2D eigenvalue weighted by molar-refractivity contribution is 5.69. The molecule has 0 rings (SSSR count). The monoisotopic (exact) mass is 565 g/mol. The zero-order valence-corrected chi connectivity index (χ0v) is 26.9. The van der Waals surface area contributed by atoms with Crippen LogP contribution in [0.5, 0.6) is 0 Å². The summed E-state index contributed by atoms with van der Waals surface area (Å²) in [5.41, 5.74) is 0. The smallest absolute Gasteiger partial charge is 0.306 e. The summed E-state index contributed by atoms with van der Waals surface area (Å²) in [4.78, 5) is 23.4. The van der Waals surface area contributed by atoms with Gasteiger partial charge in [-0.3, -0.25) is 9.59 Å². The molecule has 0 bridgehead atoms. The molecule has 1 unspecified atom stereocenters. The van der Waals surface area contributed by atoms with E-state index in [2.05, 4.69) is 26.0 Å². The van der Waals surface area contributed by atoms with E-state index in [1.54, 1.807) is 0 Å². The number of carboxylic acid groups (broad SMARTS) is 1. The van der Waals surface area contributed by atoms with Gasteiger partial charge < -0.3 is 9.84 Å². The van der Waals surface area contributed by atoms with Crippen molar-refractivity contribution in [2.24, 2.45) is 0 Å². The molecule has 40 heavy (non-hydrogen) atoms. The van der Waals surface area contributed by atoms with Gasteiger partial charge in [-0.25, -0.2) is 0 Å². The minimum atomic E-state index is -0.770. The van der Waals surface area contributed by atoms with Gasteiger partial charge in [0, 0.05) is 12.8 Å². The molecular weight excluding hydrogens is 496 g/mol. The molecule has 4 heteroatoms. The first-order valence-electron chi connectivity index (χ1n) is 17.7. The van der Waals surface area contributed by atoms with E-state index >= 15 is 0 Å². The van der Waals surface area contributed by atoms with Crippen LogP contribution in [0.2, 0.25) is 0 Å². The molecule has 0 aliphatic heterocycles. The number of rotatable bonds is 32. The van der Waals surface area contributed by atoms with Crippen LogP contribution in [0.3, 0.4) is 0 Å². The quantitative estimate of drug-likeness (QED) is 0.0501. The van der Waals surface area contributed by atoms with Gasteiger partial charge in [-0.1, -0.05) is 142 Å². The van der Waals surface area contributed by atoms with E-state index < -0.39 is 5.97 Å². The van der Waals surface area contributed by atoms with Crippen molar-refractivity contribution in [2.75, 3.05) is 0 Å². The Morgan fingerprint density at radius 3 is 1.40 bits per heavy atom. The van der Waals surface area contributed by atoms with Gasteiger partial charge in [0.25, 0.3) is 0 Å². The summed E-state index contributed by atoms with van der Waals surface area (Å²) < 4.78 is 5.80. The average Bonchev–Trinajstić information content (AvgIpc) is 2.93. The summed E-state index contributed by atoms with van der Waals surface area (Å²) in [5, 5.41) is 8.98. The van der Waals surface area contributed by atoms with E-state index in [-0.39, 0.29) is 18.5 Å². The fraction of sp³-hybridized carbons (Fsp3) is 0.889. The van der Waals surface area contributed by atoms with Gasteiger partial charge in [0.05, 0.1) is 0 Å². The molecule has 0 amide bonds. The van der Waals surface area contributed by atoms with Crippen LogP contribution in [0.25, 0.3) is 0 Å². The van der Waals surface area contributed by atoms with E-state index in [1.165, 1.54) is 135 Å². The second-order valence-electron chi connectivity index (χ2n) is 12.1. The molecule has 236 valence electrons. The summed E-state index contributed by atoms with van der Waals surface area (Å²) in [5.74, 6) is -0.867. The van der Waals surface area contributed by atoms with E-state index in [1.807, 2.05) is 0 Å². The molecule has 0 aromatic rings. The van der Waals surface area contributed by atoms with E-state index in [0.29, 0.717) is 19.3 Å². The zero-order chi connectivity index (χ0) is 29.4. The lowest BCUT2D eigenvalue weighted by molar-refractivity contribution is -0.150. The third-order valence-electron chi connectivity index (χ3n) is 7.99. The van der Waals surface area contributed by atoms with Crippen molar-refractivity contribution in [3.63, 3.8) is 0 Å². The Morgan fingerprint density at radius 1 is 0.525 bits per heavy atom. The molecule has 0 aliphatic carbocycles. The molecule has 0 aromatic heterocycles. The predicted molar refractivity (Wildman–Crippen MR) is 172 cm³/mol. The number of ether oxygens (including phenoxy) is 1. The zero-order valence-electron chi connectivity index (χ0n) is 26.9. The van der Waals surface area contributed by atoms with Crippen LogP contribution in [0.1, 0.15) is 200 Å². The molecule has 0 fully saturated rings. The van der Waals surface area contributed by atoms with Crippen molar-refractivity contribution >= 4 is 11.9 Å². The maximum absolute atomic E-state index is 12.4. The largest absolute Gasteiger partial charge is 0.481 e. The minimum absolute atomic E-state index is 0.0963. The molecule has 4 nitrogen and oxygen atoms in total. The van der Waals surface area contributed by atoms with Crippen molar-refractivity contribution in [2.45, 2.75) is 206 Å². The molecule has 0 spiro atoms. The van der Waals surface area contributed by atoms with Crippen molar-refractivity contribution < 1.29 is 19.4 Å². The second kappa shape index (κ2) is 32.2. The summed E-state index contributed by atoms with van der Waals surface area (Å²) in [6.07, 6.45) is 37.9. The Morgan fingerprint density at radius 2 is 0.925 bits per heavy atom. The van der Waals surface area contributed by atoms with E-state index in [9.17, 15) is 9.59 Å². The number of allylic oxidation sites excluding steroid dienone is 2. The number of unbranched alkanes of at least 4 members (excludes halogenated alkanes) is 21. The van der Waals surface area contributed by atoms with Crippen molar-refractivity contribution in [3.05, 3.63) is 12.2 Å². The van der Waals surface area contributed by atoms with Gasteiger partial charge in [0.15, 0.2) is 0 Å². The third-order valence-corrected chi connectivity index (χ3v) is 7.99. The number of carboxylic acids is 1. The van der Waals surface area contributed by atoms with Crippen LogP contribution < -0.4 is 0 Å². The lowest BCUT2D eigenvalue weighted by atomic mass is 10.0. The van der Waals surface area contributed by atoms with Gasteiger partial charge in [0.1, 0.15) is 6.10 Å². The van der Waals surface area contributed by atoms with Crippen LogP contribution in [0.4, 0.5) is 0 Å². The average molecular weight is 565 g/mol. The fourth-order valence-corrected chi connectivity index (χ4v) is 5.36. The number of carbonyl (C=O) groups is 2. The van der Waals surface area contributed by atoms with Crippen molar-refractivity contribution in [1.29, 1.82) is 0 Å². The SMILES string of the molecule is CCCCCCCCC=CCCCCCCCC(=O)OC(CCCCCCCCCCCCC)CCCC(=O)O. The van der Waals surface area contributed by atoms with Crippen molar-refractivity contribution in [3.8, 4) is 0 Å². The molecule has 0 aliphatic rings. The lowest BCUT2D eigenvalue weighted by Gasteiger charge is -2.18. The van der Waals surface area contributed by atoms with Crippen LogP contribution in [-0.2, 0) is 14.3 Å². The molecule has 1 N–H and O–H groups in total. The summed E-state index contributed by atoms with van der Waals surface area (Å²) in [6, 6.07) is 0.